The zero-order valence-corrected chi connectivity index (χ0v) is 12.5. The Morgan fingerprint density at radius 3 is 2.86 bits per heavy atom. The number of pyridine rings is 1. The monoisotopic (exact) mass is 315 g/mol. The summed E-state index contributed by atoms with van der Waals surface area (Å²) in [4.78, 5) is 16.3. The topological polar surface area (TPSA) is 55.6 Å². The molecule has 1 amide bonds. The molecule has 1 N–H and O–H groups in total. The largest absolute Gasteiger partial charge is 0.492 e. The molecule has 3 rings (SSSR count). The zero-order valence-electron chi connectivity index (χ0n) is 11.7. The van der Waals surface area contributed by atoms with E-state index in [1.807, 2.05) is 24.4 Å². The summed E-state index contributed by atoms with van der Waals surface area (Å²) in [6.45, 7) is 0.783. The maximum absolute atomic E-state index is 12.1. The number of imidazole rings is 1. The molecule has 2 aromatic heterocycles. The predicted octanol–water partition coefficient (Wildman–Crippen LogP) is 2.80. The van der Waals surface area contributed by atoms with Gasteiger partial charge in [0.1, 0.15) is 23.7 Å². The molecule has 2 heterocycles. The zero-order chi connectivity index (χ0) is 15.4. The summed E-state index contributed by atoms with van der Waals surface area (Å²) in [5.74, 6) is 0.534. The van der Waals surface area contributed by atoms with Crippen LogP contribution < -0.4 is 10.1 Å². The fourth-order valence-electron chi connectivity index (χ4n) is 2.06. The van der Waals surface area contributed by atoms with E-state index in [0.717, 1.165) is 5.65 Å². The van der Waals surface area contributed by atoms with E-state index >= 15 is 0 Å². The number of amides is 1. The highest BCUT2D eigenvalue weighted by Crippen LogP contribution is 2.15. The maximum Gasteiger partial charge on any atom is 0.270 e. The highest BCUT2D eigenvalue weighted by Gasteiger charge is 2.10. The number of aromatic nitrogens is 2. The molecule has 1 aromatic carbocycles. The number of hydrogen-bond acceptors (Lipinski definition) is 3. The van der Waals surface area contributed by atoms with Gasteiger partial charge >= 0.3 is 0 Å². The molecule has 0 aliphatic heterocycles. The minimum atomic E-state index is -0.182. The van der Waals surface area contributed by atoms with Gasteiger partial charge in [-0.05, 0) is 36.4 Å². The lowest BCUT2D eigenvalue weighted by atomic mass is 10.3. The van der Waals surface area contributed by atoms with Crippen molar-refractivity contribution in [1.82, 2.24) is 14.7 Å². The minimum Gasteiger partial charge on any atom is -0.492 e. The van der Waals surface area contributed by atoms with E-state index in [1.54, 1.807) is 34.9 Å². The molecular weight excluding hydrogens is 302 g/mol. The Hall–Kier alpha value is -2.53. The van der Waals surface area contributed by atoms with Crippen LogP contribution in [0.2, 0.25) is 5.02 Å². The Balaban J connectivity index is 1.53. The minimum absolute atomic E-state index is 0.182. The number of carbonyl (C=O) groups is 1. The molecule has 0 unspecified atom stereocenters. The van der Waals surface area contributed by atoms with Gasteiger partial charge in [0.15, 0.2) is 0 Å². The Kier molecular flexibility index (Phi) is 4.25. The Morgan fingerprint density at radius 2 is 2.05 bits per heavy atom. The van der Waals surface area contributed by atoms with Gasteiger partial charge in [-0.1, -0.05) is 17.7 Å². The third kappa shape index (κ3) is 3.20. The number of benzene rings is 1. The summed E-state index contributed by atoms with van der Waals surface area (Å²) in [6, 6.07) is 12.7. The summed E-state index contributed by atoms with van der Waals surface area (Å²) in [5.41, 5.74) is 1.24. The van der Waals surface area contributed by atoms with Crippen LogP contribution in [0.15, 0.2) is 54.9 Å². The van der Waals surface area contributed by atoms with Crippen molar-refractivity contribution in [2.45, 2.75) is 0 Å². The van der Waals surface area contributed by atoms with Gasteiger partial charge in [0.2, 0.25) is 0 Å². The molecule has 0 saturated carbocycles. The molecule has 0 spiro atoms. The molecule has 3 aromatic rings. The first-order valence-corrected chi connectivity index (χ1v) is 7.20. The lowest BCUT2D eigenvalue weighted by Crippen LogP contribution is -2.29. The summed E-state index contributed by atoms with van der Waals surface area (Å²) in [7, 11) is 0. The van der Waals surface area contributed by atoms with E-state index in [2.05, 4.69) is 10.3 Å². The van der Waals surface area contributed by atoms with Crippen LogP contribution in [0.4, 0.5) is 0 Å². The average molecular weight is 316 g/mol. The van der Waals surface area contributed by atoms with Crippen molar-refractivity contribution in [2.75, 3.05) is 13.2 Å². The van der Waals surface area contributed by atoms with E-state index in [0.29, 0.717) is 29.6 Å². The van der Waals surface area contributed by atoms with Gasteiger partial charge < -0.3 is 10.1 Å². The second kappa shape index (κ2) is 6.49. The Morgan fingerprint density at radius 1 is 1.23 bits per heavy atom. The second-order valence-corrected chi connectivity index (χ2v) is 5.07. The fraction of sp³-hybridized carbons (Fsp3) is 0.125. The van der Waals surface area contributed by atoms with Gasteiger partial charge in [-0.2, -0.15) is 0 Å². The molecule has 22 heavy (non-hydrogen) atoms. The van der Waals surface area contributed by atoms with Gasteiger partial charge in [0.05, 0.1) is 12.7 Å². The number of fused-ring (bicyclic) bond motifs is 1. The molecular formula is C16H14ClN3O2. The van der Waals surface area contributed by atoms with Gasteiger partial charge in [-0.3, -0.25) is 9.20 Å². The number of rotatable bonds is 5. The third-order valence-electron chi connectivity index (χ3n) is 3.12. The van der Waals surface area contributed by atoms with E-state index < -0.39 is 0 Å². The first-order valence-electron chi connectivity index (χ1n) is 6.83. The van der Waals surface area contributed by atoms with Crippen molar-refractivity contribution in [3.05, 3.63) is 65.6 Å². The van der Waals surface area contributed by atoms with Crippen LogP contribution in [0.1, 0.15) is 10.5 Å². The van der Waals surface area contributed by atoms with Crippen LogP contribution in [0.5, 0.6) is 5.75 Å². The summed E-state index contributed by atoms with van der Waals surface area (Å²) < 4.78 is 7.27. The quantitative estimate of drug-likeness (QED) is 0.737. The number of ether oxygens (including phenoxy) is 1. The van der Waals surface area contributed by atoms with Crippen molar-refractivity contribution in [3.8, 4) is 5.75 Å². The van der Waals surface area contributed by atoms with Crippen LogP contribution in [-0.4, -0.2) is 28.4 Å². The highest BCUT2D eigenvalue weighted by atomic mass is 35.5. The lowest BCUT2D eigenvalue weighted by molar-refractivity contribution is 0.0941. The number of hydrogen-bond donors (Lipinski definition) is 1. The van der Waals surface area contributed by atoms with Crippen LogP contribution in [0.3, 0.4) is 0 Å². The molecule has 0 aliphatic rings. The highest BCUT2D eigenvalue weighted by molar-refractivity contribution is 6.30. The number of nitrogens with zero attached hydrogens (tertiary/aromatic N) is 2. The molecule has 0 aliphatic carbocycles. The van der Waals surface area contributed by atoms with Crippen LogP contribution >= 0.6 is 11.6 Å². The van der Waals surface area contributed by atoms with Gasteiger partial charge in [0.25, 0.3) is 5.91 Å². The van der Waals surface area contributed by atoms with Crippen molar-refractivity contribution in [1.29, 1.82) is 0 Å². The van der Waals surface area contributed by atoms with E-state index in [4.69, 9.17) is 16.3 Å². The molecule has 0 bridgehead atoms. The standard InChI is InChI=1S/C16H14ClN3O2/c17-12-4-6-13(7-5-12)22-10-8-18-16(21)14-11-19-15-3-1-2-9-20(14)15/h1-7,9,11H,8,10H2,(H,18,21). The molecule has 0 radical (unpaired) electrons. The Labute approximate surface area is 132 Å². The van der Waals surface area contributed by atoms with E-state index in [-0.39, 0.29) is 5.91 Å². The van der Waals surface area contributed by atoms with Crippen molar-refractivity contribution >= 4 is 23.2 Å². The van der Waals surface area contributed by atoms with Crippen molar-refractivity contribution < 1.29 is 9.53 Å². The number of carbonyl (C=O) groups excluding carboxylic acids is 1. The molecule has 5 nitrogen and oxygen atoms in total. The normalized spacial score (nSPS) is 10.6. The van der Waals surface area contributed by atoms with Crippen molar-refractivity contribution in [3.63, 3.8) is 0 Å². The molecule has 0 saturated heterocycles. The van der Waals surface area contributed by atoms with Crippen molar-refractivity contribution in [2.24, 2.45) is 0 Å². The summed E-state index contributed by atoms with van der Waals surface area (Å²) >= 11 is 5.80. The molecule has 0 atom stereocenters. The van der Waals surface area contributed by atoms with Gasteiger partial charge in [-0.25, -0.2) is 4.98 Å². The number of nitrogens with one attached hydrogen (secondary N) is 1. The van der Waals surface area contributed by atoms with E-state index in [1.165, 1.54) is 0 Å². The Bertz CT molecular complexity index is 783. The summed E-state index contributed by atoms with van der Waals surface area (Å²) in [5, 5.41) is 3.47. The van der Waals surface area contributed by atoms with Crippen LogP contribution in [0, 0.1) is 0 Å². The maximum atomic E-state index is 12.1. The molecule has 6 heteroatoms. The second-order valence-electron chi connectivity index (χ2n) is 4.63. The molecule has 0 fully saturated rings. The predicted molar refractivity (Wildman–Crippen MR) is 84.5 cm³/mol. The SMILES string of the molecule is O=C(NCCOc1ccc(Cl)cc1)c1cnc2ccccn12. The van der Waals surface area contributed by atoms with Gasteiger partial charge in [0, 0.05) is 11.2 Å². The average Bonchev–Trinajstić information content (AvgIpc) is 2.97. The fourth-order valence-corrected chi connectivity index (χ4v) is 2.18. The van der Waals surface area contributed by atoms with Crippen LogP contribution in [0.25, 0.3) is 5.65 Å². The first-order chi connectivity index (χ1) is 10.7. The first kappa shape index (κ1) is 14.4. The van der Waals surface area contributed by atoms with E-state index in [9.17, 15) is 4.79 Å². The van der Waals surface area contributed by atoms with Crippen LogP contribution in [-0.2, 0) is 0 Å². The number of halogens is 1. The summed E-state index contributed by atoms with van der Waals surface area (Å²) in [6.07, 6.45) is 3.37. The lowest BCUT2D eigenvalue weighted by Gasteiger charge is -2.07. The molecule has 112 valence electrons. The smallest absolute Gasteiger partial charge is 0.270 e. The van der Waals surface area contributed by atoms with Gasteiger partial charge in [-0.15, -0.1) is 0 Å². The third-order valence-corrected chi connectivity index (χ3v) is 3.37.